The second-order valence-corrected chi connectivity index (χ2v) is 9.29. The van der Waals surface area contributed by atoms with Gasteiger partial charge >= 0.3 is 0 Å². The van der Waals surface area contributed by atoms with Crippen LogP contribution in [0.15, 0.2) is 53.6 Å². The minimum atomic E-state index is -3.49. The summed E-state index contributed by atoms with van der Waals surface area (Å²) in [4.78, 5) is 19.2. The molecule has 3 rings (SSSR count). The van der Waals surface area contributed by atoms with E-state index in [-0.39, 0.29) is 10.8 Å². The highest BCUT2D eigenvalue weighted by atomic mass is 32.2. The number of aromatic nitrogens is 1. The van der Waals surface area contributed by atoms with Gasteiger partial charge in [-0.3, -0.25) is 4.79 Å². The fourth-order valence-corrected chi connectivity index (χ4v) is 4.14. The molecule has 1 aliphatic rings. The van der Waals surface area contributed by atoms with Gasteiger partial charge in [0, 0.05) is 45.5 Å². The molecule has 1 fully saturated rings. The molecular formula is C20H26N4O3S. The minimum absolute atomic E-state index is 0.177. The molecule has 1 N–H and O–H groups in total. The van der Waals surface area contributed by atoms with Crippen molar-refractivity contribution < 1.29 is 13.2 Å². The van der Waals surface area contributed by atoms with E-state index >= 15 is 0 Å². The van der Waals surface area contributed by atoms with Crippen LogP contribution in [0.2, 0.25) is 0 Å². The number of carbonyl (C=O) groups excluding carboxylic acids is 1. The summed E-state index contributed by atoms with van der Waals surface area (Å²) in [6, 6.07) is 12.0. The fourth-order valence-electron chi connectivity index (χ4n) is 3.24. The maximum absolute atomic E-state index is 12.4. The van der Waals surface area contributed by atoms with Gasteiger partial charge in [-0.05, 0) is 55.2 Å². The van der Waals surface area contributed by atoms with Crippen molar-refractivity contribution in [1.29, 1.82) is 0 Å². The number of carbonyl (C=O) groups is 1. The average Bonchev–Trinajstić information content (AvgIpc) is 2.73. The van der Waals surface area contributed by atoms with E-state index in [1.165, 1.54) is 26.2 Å². The van der Waals surface area contributed by atoms with Crippen LogP contribution < -0.4 is 10.2 Å². The number of hydrogen-bond donors (Lipinski definition) is 1. The van der Waals surface area contributed by atoms with Crippen molar-refractivity contribution in [2.45, 2.75) is 17.7 Å². The first kappa shape index (κ1) is 20.3. The molecule has 0 spiro atoms. The predicted octanol–water partition coefficient (Wildman–Crippen LogP) is 1.98. The first-order valence-electron chi connectivity index (χ1n) is 9.34. The van der Waals surface area contributed by atoms with Gasteiger partial charge in [0.05, 0.1) is 4.90 Å². The van der Waals surface area contributed by atoms with Crippen LogP contribution in [0, 0.1) is 5.92 Å². The van der Waals surface area contributed by atoms with Crippen LogP contribution >= 0.6 is 0 Å². The Balaban J connectivity index is 1.50. The minimum Gasteiger partial charge on any atom is -0.357 e. The molecule has 1 aromatic heterocycles. The lowest BCUT2D eigenvalue weighted by Crippen LogP contribution is -2.39. The third-order valence-corrected chi connectivity index (χ3v) is 6.86. The topological polar surface area (TPSA) is 82.6 Å². The molecule has 0 radical (unpaired) electrons. The summed E-state index contributed by atoms with van der Waals surface area (Å²) in [6.45, 7) is 2.47. The molecular weight excluding hydrogens is 376 g/mol. The largest absolute Gasteiger partial charge is 0.357 e. The number of amides is 1. The lowest BCUT2D eigenvalue weighted by Gasteiger charge is -2.32. The Morgan fingerprint density at radius 2 is 1.82 bits per heavy atom. The summed E-state index contributed by atoms with van der Waals surface area (Å²) in [5.41, 5.74) is 0.462. The lowest BCUT2D eigenvalue weighted by molar-refractivity contribution is 0.0945. The summed E-state index contributed by atoms with van der Waals surface area (Å²) in [5, 5.41) is 2.97. The van der Waals surface area contributed by atoms with Crippen molar-refractivity contribution >= 4 is 21.7 Å². The summed E-state index contributed by atoms with van der Waals surface area (Å²) >= 11 is 0. The van der Waals surface area contributed by atoms with Gasteiger partial charge in [-0.2, -0.15) is 0 Å². The van der Waals surface area contributed by atoms with E-state index in [4.69, 9.17) is 0 Å². The molecule has 28 heavy (non-hydrogen) atoms. The summed E-state index contributed by atoms with van der Waals surface area (Å²) < 4.78 is 25.3. The third kappa shape index (κ3) is 4.69. The monoisotopic (exact) mass is 402 g/mol. The fraction of sp³-hybridized carbons (Fsp3) is 0.400. The highest BCUT2D eigenvalue weighted by Gasteiger charge is 2.21. The Kier molecular flexibility index (Phi) is 6.31. The number of benzene rings is 1. The second kappa shape index (κ2) is 8.70. The van der Waals surface area contributed by atoms with Crippen molar-refractivity contribution in [3.63, 3.8) is 0 Å². The Morgan fingerprint density at radius 3 is 2.39 bits per heavy atom. The summed E-state index contributed by atoms with van der Waals surface area (Å²) in [5.74, 6) is 1.25. The van der Waals surface area contributed by atoms with E-state index in [9.17, 15) is 13.2 Å². The van der Waals surface area contributed by atoms with Crippen LogP contribution in [0.5, 0.6) is 0 Å². The van der Waals surface area contributed by atoms with Gasteiger partial charge in [0.2, 0.25) is 10.0 Å². The van der Waals surface area contributed by atoms with Gasteiger partial charge in [0.15, 0.2) is 0 Å². The molecule has 1 aromatic carbocycles. The van der Waals surface area contributed by atoms with E-state index in [1.807, 2.05) is 18.2 Å². The Labute approximate surface area is 166 Å². The van der Waals surface area contributed by atoms with E-state index in [2.05, 4.69) is 15.2 Å². The van der Waals surface area contributed by atoms with Crippen molar-refractivity contribution in [2.24, 2.45) is 5.92 Å². The number of hydrogen-bond acceptors (Lipinski definition) is 5. The van der Waals surface area contributed by atoms with Crippen LogP contribution in [-0.2, 0) is 10.0 Å². The number of sulfonamides is 1. The maximum Gasteiger partial charge on any atom is 0.251 e. The van der Waals surface area contributed by atoms with Crippen molar-refractivity contribution in [3.8, 4) is 0 Å². The van der Waals surface area contributed by atoms with Crippen LogP contribution in [-0.4, -0.2) is 57.3 Å². The van der Waals surface area contributed by atoms with Crippen molar-refractivity contribution in [1.82, 2.24) is 14.6 Å². The van der Waals surface area contributed by atoms with E-state index in [0.717, 1.165) is 36.1 Å². The molecule has 0 atom stereocenters. The molecule has 2 heterocycles. The number of rotatable bonds is 6. The standard InChI is InChI=1S/C20H26N4O3S/c1-23(2)28(26,27)18-8-6-17(7-9-18)20(25)22-15-16-10-13-24(14-11-16)19-5-3-4-12-21-19/h3-9,12,16H,10-11,13-15H2,1-2H3,(H,22,25). The quantitative estimate of drug-likeness (QED) is 0.799. The van der Waals surface area contributed by atoms with E-state index in [1.54, 1.807) is 18.3 Å². The second-order valence-electron chi connectivity index (χ2n) is 7.14. The molecule has 0 saturated carbocycles. The van der Waals surface area contributed by atoms with Crippen LogP contribution in [0.4, 0.5) is 5.82 Å². The average molecular weight is 403 g/mol. The van der Waals surface area contributed by atoms with Gasteiger partial charge in [-0.15, -0.1) is 0 Å². The molecule has 2 aromatic rings. The SMILES string of the molecule is CN(C)S(=O)(=O)c1ccc(C(=O)NCC2CCN(c3ccccn3)CC2)cc1. The first-order valence-corrected chi connectivity index (χ1v) is 10.8. The molecule has 1 aliphatic heterocycles. The molecule has 7 nitrogen and oxygen atoms in total. The Morgan fingerprint density at radius 1 is 1.14 bits per heavy atom. The van der Waals surface area contributed by atoms with Gasteiger partial charge in [0.25, 0.3) is 5.91 Å². The molecule has 150 valence electrons. The summed E-state index contributed by atoms with van der Waals surface area (Å²) in [7, 11) is -0.523. The highest BCUT2D eigenvalue weighted by molar-refractivity contribution is 7.89. The zero-order chi connectivity index (χ0) is 20.1. The number of nitrogens with zero attached hydrogens (tertiary/aromatic N) is 3. The Hall–Kier alpha value is -2.45. The molecule has 1 amide bonds. The number of anilines is 1. The maximum atomic E-state index is 12.4. The van der Waals surface area contributed by atoms with Crippen LogP contribution in [0.1, 0.15) is 23.2 Å². The molecule has 0 unspecified atom stereocenters. The molecule has 8 heteroatoms. The zero-order valence-corrected chi connectivity index (χ0v) is 17.0. The van der Waals surface area contributed by atoms with Gasteiger partial charge in [0.1, 0.15) is 5.82 Å². The Bertz CT molecular complexity index is 891. The first-order chi connectivity index (χ1) is 13.4. The van der Waals surface area contributed by atoms with Crippen LogP contribution in [0.25, 0.3) is 0 Å². The number of piperidine rings is 1. The van der Waals surface area contributed by atoms with Crippen molar-refractivity contribution in [3.05, 3.63) is 54.2 Å². The van der Waals surface area contributed by atoms with Gasteiger partial charge in [-0.25, -0.2) is 17.7 Å². The normalized spacial score (nSPS) is 15.6. The molecule has 1 saturated heterocycles. The number of pyridine rings is 1. The van der Waals surface area contributed by atoms with Gasteiger partial charge < -0.3 is 10.2 Å². The van der Waals surface area contributed by atoms with Crippen LogP contribution in [0.3, 0.4) is 0 Å². The summed E-state index contributed by atoms with van der Waals surface area (Å²) in [6.07, 6.45) is 3.80. The van der Waals surface area contributed by atoms with Crippen molar-refractivity contribution in [2.75, 3.05) is 38.6 Å². The molecule has 0 bridgehead atoms. The lowest BCUT2D eigenvalue weighted by atomic mass is 9.96. The molecule has 0 aliphatic carbocycles. The highest BCUT2D eigenvalue weighted by Crippen LogP contribution is 2.21. The van der Waals surface area contributed by atoms with Gasteiger partial charge in [-0.1, -0.05) is 6.07 Å². The van der Waals surface area contributed by atoms with E-state index < -0.39 is 10.0 Å². The van der Waals surface area contributed by atoms with E-state index in [0.29, 0.717) is 18.0 Å². The smallest absolute Gasteiger partial charge is 0.251 e. The third-order valence-electron chi connectivity index (χ3n) is 5.03. The number of nitrogens with one attached hydrogen (secondary N) is 1. The zero-order valence-electron chi connectivity index (χ0n) is 16.2. The predicted molar refractivity (Wildman–Crippen MR) is 109 cm³/mol.